The maximum Gasteiger partial charge on any atom is 0.201 e. The molecule has 0 aliphatic heterocycles. The van der Waals surface area contributed by atoms with E-state index in [0.29, 0.717) is 12.2 Å². The molecule has 0 saturated heterocycles. The Hall–Kier alpha value is -1.54. The Morgan fingerprint density at radius 3 is 2.76 bits per heavy atom. The molecule has 90 valence electrons. The number of benzene rings is 1. The lowest BCUT2D eigenvalue weighted by atomic mass is 10.2. The number of phenols is 1. The Morgan fingerprint density at radius 1 is 1.41 bits per heavy atom. The van der Waals surface area contributed by atoms with E-state index >= 15 is 0 Å². The normalized spacial score (nSPS) is 9.59. The number of hydrogen-bond acceptors (Lipinski definition) is 3. The van der Waals surface area contributed by atoms with Crippen LogP contribution in [0.1, 0.15) is 18.9 Å². The van der Waals surface area contributed by atoms with Gasteiger partial charge in [0, 0.05) is 19.1 Å². The molecule has 0 aliphatic rings. The summed E-state index contributed by atoms with van der Waals surface area (Å²) in [6.45, 7) is 1.45. The van der Waals surface area contributed by atoms with E-state index in [2.05, 4.69) is 11.8 Å². The second kappa shape index (κ2) is 6.26. The van der Waals surface area contributed by atoms with Crippen molar-refractivity contribution in [3.8, 4) is 17.6 Å². The van der Waals surface area contributed by atoms with Crippen molar-refractivity contribution < 1.29 is 18.7 Å². The highest BCUT2D eigenvalue weighted by atomic mass is 32.2. The minimum Gasteiger partial charge on any atom is -0.505 e. The number of carbonyl (C=O) groups excluding carboxylic acids is 1. The van der Waals surface area contributed by atoms with Crippen LogP contribution in [-0.4, -0.2) is 16.0 Å². The first-order valence-corrected chi connectivity index (χ1v) is 5.80. The molecule has 0 unspecified atom stereocenters. The van der Waals surface area contributed by atoms with Gasteiger partial charge in [-0.05, 0) is 12.1 Å². The van der Waals surface area contributed by atoms with E-state index in [9.17, 15) is 13.6 Å². The highest BCUT2D eigenvalue weighted by Crippen LogP contribution is 2.20. The Kier molecular flexibility index (Phi) is 4.98. The summed E-state index contributed by atoms with van der Waals surface area (Å²) in [5.74, 6) is 2.42. The second-order valence-electron chi connectivity index (χ2n) is 3.15. The number of carbonyl (C=O) groups is 1. The minimum absolute atomic E-state index is 0.00587. The largest absolute Gasteiger partial charge is 0.505 e. The van der Waals surface area contributed by atoms with Gasteiger partial charge in [0.15, 0.2) is 16.7 Å². The molecule has 1 aromatic rings. The summed E-state index contributed by atoms with van der Waals surface area (Å²) < 4.78 is 26.1. The van der Waals surface area contributed by atoms with E-state index in [-0.39, 0.29) is 10.7 Å². The monoisotopic (exact) mass is 256 g/mol. The average molecular weight is 256 g/mol. The van der Waals surface area contributed by atoms with E-state index < -0.39 is 17.4 Å². The first kappa shape index (κ1) is 13.5. The van der Waals surface area contributed by atoms with E-state index in [4.69, 9.17) is 5.11 Å². The molecule has 0 saturated carbocycles. The van der Waals surface area contributed by atoms with Crippen LogP contribution in [0.25, 0.3) is 0 Å². The molecule has 17 heavy (non-hydrogen) atoms. The zero-order chi connectivity index (χ0) is 12.8. The predicted octanol–water partition coefficient (Wildman–Crippen LogP) is 2.69. The van der Waals surface area contributed by atoms with Crippen molar-refractivity contribution in [3.63, 3.8) is 0 Å². The molecule has 0 bridgehead atoms. The maximum absolute atomic E-state index is 13.2. The SMILES string of the molecule is CC(=O)SCCC#Cc1ccc(O)c(F)c1F. The summed E-state index contributed by atoms with van der Waals surface area (Å²) in [6, 6.07) is 2.26. The molecule has 0 fully saturated rings. The molecule has 0 atom stereocenters. The molecule has 0 amide bonds. The Labute approximate surface area is 102 Å². The van der Waals surface area contributed by atoms with Gasteiger partial charge in [0.25, 0.3) is 0 Å². The van der Waals surface area contributed by atoms with Crippen LogP contribution in [0.5, 0.6) is 5.75 Å². The minimum atomic E-state index is -1.30. The number of hydrogen-bond donors (Lipinski definition) is 1. The van der Waals surface area contributed by atoms with E-state index in [0.717, 1.165) is 17.8 Å². The Morgan fingerprint density at radius 2 is 2.12 bits per heavy atom. The van der Waals surface area contributed by atoms with Crippen LogP contribution in [0.15, 0.2) is 12.1 Å². The molecule has 0 spiro atoms. The van der Waals surface area contributed by atoms with Crippen LogP contribution in [-0.2, 0) is 4.79 Å². The van der Waals surface area contributed by atoms with E-state index in [1.165, 1.54) is 13.0 Å². The van der Waals surface area contributed by atoms with Crippen molar-refractivity contribution in [2.24, 2.45) is 0 Å². The molecule has 0 aromatic heterocycles. The van der Waals surface area contributed by atoms with Crippen LogP contribution in [0, 0.1) is 23.5 Å². The third kappa shape index (κ3) is 4.08. The lowest BCUT2D eigenvalue weighted by Crippen LogP contribution is -1.90. The molecule has 0 heterocycles. The molecule has 1 N–H and O–H groups in total. The molecular weight excluding hydrogens is 246 g/mol. The van der Waals surface area contributed by atoms with Crippen LogP contribution in [0.2, 0.25) is 0 Å². The lowest BCUT2D eigenvalue weighted by Gasteiger charge is -1.98. The molecular formula is C12H10F2O2S. The van der Waals surface area contributed by atoms with Crippen molar-refractivity contribution in [1.82, 2.24) is 0 Å². The van der Waals surface area contributed by atoms with Crippen LogP contribution in [0.4, 0.5) is 8.78 Å². The van der Waals surface area contributed by atoms with Gasteiger partial charge in [-0.2, -0.15) is 4.39 Å². The fourth-order valence-electron chi connectivity index (χ4n) is 1.04. The van der Waals surface area contributed by atoms with E-state index in [1.807, 2.05) is 0 Å². The van der Waals surface area contributed by atoms with Crippen LogP contribution < -0.4 is 0 Å². The molecule has 1 rings (SSSR count). The molecule has 1 aromatic carbocycles. The van der Waals surface area contributed by atoms with Crippen molar-refractivity contribution >= 4 is 16.9 Å². The highest BCUT2D eigenvalue weighted by molar-refractivity contribution is 8.13. The van der Waals surface area contributed by atoms with Gasteiger partial charge in [-0.1, -0.05) is 23.6 Å². The van der Waals surface area contributed by atoms with Crippen molar-refractivity contribution in [1.29, 1.82) is 0 Å². The quantitative estimate of drug-likeness (QED) is 0.653. The van der Waals surface area contributed by atoms with Crippen LogP contribution in [0.3, 0.4) is 0 Å². The Balaban J connectivity index is 2.66. The summed E-state index contributed by atoms with van der Waals surface area (Å²) in [4.78, 5) is 10.6. The third-order valence-electron chi connectivity index (χ3n) is 1.82. The summed E-state index contributed by atoms with van der Waals surface area (Å²) in [7, 11) is 0. The molecule has 0 aliphatic carbocycles. The molecule has 5 heteroatoms. The summed E-state index contributed by atoms with van der Waals surface area (Å²) in [6.07, 6.45) is 0.409. The van der Waals surface area contributed by atoms with Crippen molar-refractivity contribution in [2.75, 3.05) is 5.75 Å². The summed E-state index contributed by atoms with van der Waals surface area (Å²) in [5, 5.41) is 8.89. The Bertz CT molecular complexity index is 489. The van der Waals surface area contributed by atoms with Gasteiger partial charge in [0.1, 0.15) is 0 Å². The smallest absolute Gasteiger partial charge is 0.201 e. The molecule has 2 nitrogen and oxygen atoms in total. The van der Waals surface area contributed by atoms with Crippen molar-refractivity contribution in [3.05, 3.63) is 29.3 Å². The standard InChI is InChI=1S/C12H10F2O2S/c1-8(15)17-7-3-2-4-9-5-6-10(16)12(14)11(9)13/h5-6,16H,3,7H2,1H3. The van der Waals surface area contributed by atoms with Gasteiger partial charge in [-0.25, -0.2) is 4.39 Å². The van der Waals surface area contributed by atoms with Gasteiger partial charge in [-0.15, -0.1) is 0 Å². The topological polar surface area (TPSA) is 37.3 Å². The fraction of sp³-hybridized carbons (Fsp3) is 0.250. The zero-order valence-electron chi connectivity index (χ0n) is 9.09. The number of aromatic hydroxyl groups is 1. The zero-order valence-corrected chi connectivity index (χ0v) is 9.91. The van der Waals surface area contributed by atoms with Crippen molar-refractivity contribution in [2.45, 2.75) is 13.3 Å². The second-order valence-corrected chi connectivity index (χ2v) is 4.42. The predicted molar refractivity (Wildman–Crippen MR) is 62.7 cm³/mol. The summed E-state index contributed by atoms with van der Waals surface area (Å²) >= 11 is 1.13. The number of thioether (sulfide) groups is 1. The average Bonchev–Trinajstić information content (AvgIpc) is 2.28. The summed E-state index contributed by atoms with van der Waals surface area (Å²) in [5.41, 5.74) is -0.104. The first-order valence-electron chi connectivity index (χ1n) is 4.81. The van der Waals surface area contributed by atoms with Gasteiger partial charge in [-0.3, -0.25) is 4.79 Å². The molecule has 0 radical (unpaired) electrons. The van der Waals surface area contributed by atoms with Gasteiger partial charge in [0.05, 0.1) is 5.56 Å². The van der Waals surface area contributed by atoms with Gasteiger partial charge >= 0.3 is 0 Å². The van der Waals surface area contributed by atoms with Gasteiger partial charge < -0.3 is 5.11 Å². The fourth-order valence-corrected chi connectivity index (χ4v) is 1.53. The lowest BCUT2D eigenvalue weighted by molar-refractivity contribution is -0.109. The third-order valence-corrected chi connectivity index (χ3v) is 2.63. The van der Waals surface area contributed by atoms with Gasteiger partial charge in [0.2, 0.25) is 5.82 Å². The highest BCUT2D eigenvalue weighted by Gasteiger charge is 2.10. The number of halogens is 2. The number of rotatable bonds is 2. The number of phenolic OH excluding ortho intramolecular Hbond substituents is 1. The van der Waals surface area contributed by atoms with E-state index in [1.54, 1.807) is 0 Å². The van der Waals surface area contributed by atoms with Crippen LogP contribution >= 0.6 is 11.8 Å². The maximum atomic E-state index is 13.2. The first-order chi connectivity index (χ1) is 8.02.